The molecule has 4 rings (SSSR count). The number of aryl methyl sites for hydroxylation is 1. The average Bonchev–Trinajstić information content (AvgIpc) is 3.11. The molecular weight excluding hydrogens is 545 g/mol. The molecule has 0 bridgehead atoms. The van der Waals surface area contributed by atoms with Crippen LogP contribution in [0.15, 0.2) is 70.8 Å². The summed E-state index contributed by atoms with van der Waals surface area (Å²) in [5, 5.41) is 5.18. The normalized spacial score (nSPS) is 14.1. The van der Waals surface area contributed by atoms with E-state index in [2.05, 4.69) is 26.6 Å². The minimum atomic E-state index is -0.700. The molecular formula is C27H23BrFN3O5. The fraction of sp³-hybridized carbons (Fsp3) is 0.148. The minimum absolute atomic E-state index is 0.00420. The van der Waals surface area contributed by atoms with Crippen molar-refractivity contribution in [1.29, 1.82) is 0 Å². The van der Waals surface area contributed by atoms with Gasteiger partial charge in [-0.05, 0) is 66.1 Å². The van der Waals surface area contributed by atoms with Gasteiger partial charge in [-0.2, -0.15) is 0 Å². The number of hydrogen-bond acceptors (Lipinski definition) is 5. The molecule has 0 unspecified atom stereocenters. The summed E-state index contributed by atoms with van der Waals surface area (Å²) in [6.45, 7) is 1.57. The topological polar surface area (TPSA) is 97.0 Å². The largest absolute Gasteiger partial charge is 0.493 e. The van der Waals surface area contributed by atoms with Crippen LogP contribution in [0.4, 0.5) is 14.9 Å². The molecule has 1 aliphatic heterocycles. The number of benzene rings is 3. The zero-order valence-corrected chi connectivity index (χ0v) is 21.6. The second-order valence-electron chi connectivity index (χ2n) is 8.24. The standard InChI is InChI=1S/C27H23BrFN3O5/c1-16-5-3-8-20(9-16)30-25(33)14-32-26(34)22(31-27(32)35)11-18-12-23(36-2)24(13-21(18)28)37-15-17-6-4-7-19(29)10-17/h3-13H,14-15H2,1-2H3,(H,30,33)(H,31,35)/b22-11+. The lowest BCUT2D eigenvalue weighted by molar-refractivity contribution is -0.127. The Bertz CT molecular complexity index is 1410. The second kappa shape index (κ2) is 11.3. The van der Waals surface area contributed by atoms with E-state index in [-0.39, 0.29) is 18.1 Å². The number of hydrogen-bond donors (Lipinski definition) is 2. The molecule has 0 aliphatic carbocycles. The van der Waals surface area contributed by atoms with E-state index in [1.165, 1.54) is 25.3 Å². The molecule has 1 saturated heterocycles. The molecule has 1 aliphatic rings. The lowest BCUT2D eigenvalue weighted by Gasteiger charge is -2.13. The number of carbonyl (C=O) groups excluding carboxylic acids is 3. The van der Waals surface area contributed by atoms with Gasteiger partial charge < -0.3 is 20.1 Å². The van der Waals surface area contributed by atoms with E-state index < -0.39 is 24.4 Å². The zero-order valence-electron chi connectivity index (χ0n) is 20.0. The average molecular weight is 568 g/mol. The van der Waals surface area contributed by atoms with Gasteiger partial charge in [0.25, 0.3) is 5.91 Å². The molecule has 3 aromatic carbocycles. The van der Waals surface area contributed by atoms with Crippen molar-refractivity contribution in [3.63, 3.8) is 0 Å². The molecule has 4 amide bonds. The lowest BCUT2D eigenvalue weighted by atomic mass is 10.1. The van der Waals surface area contributed by atoms with Gasteiger partial charge >= 0.3 is 6.03 Å². The van der Waals surface area contributed by atoms with Gasteiger partial charge in [-0.3, -0.25) is 9.59 Å². The first-order valence-electron chi connectivity index (χ1n) is 11.2. The van der Waals surface area contributed by atoms with Crippen molar-refractivity contribution in [2.75, 3.05) is 19.0 Å². The highest BCUT2D eigenvalue weighted by molar-refractivity contribution is 9.10. The Morgan fingerprint density at radius 2 is 1.89 bits per heavy atom. The van der Waals surface area contributed by atoms with E-state index in [1.54, 1.807) is 42.5 Å². The van der Waals surface area contributed by atoms with Crippen LogP contribution >= 0.6 is 15.9 Å². The number of amides is 4. The Morgan fingerprint density at radius 1 is 1.11 bits per heavy atom. The van der Waals surface area contributed by atoms with Gasteiger partial charge in [0.05, 0.1) is 7.11 Å². The van der Waals surface area contributed by atoms with Crippen LogP contribution in [0.25, 0.3) is 6.08 Å². The summed E-state index contributed by atoms with van der Waals surface area (Å²) < 4.78 is 25.2. The predicted molar refractivity (Wildman–Crippen MR) is 139 cm³/mol. The maximum Gasteiger partial charge on any atom is 0.329 e. The van der Waals surface area contributed by atoms with Gasteiger partial charge in [0, 0.05) is 10.2 Å². The van der Waals surface area contributed by atoms with Crippen molar-refractivity contribution in [2.24, 2.45) is 0 Å². The third kappa shape index (κ3) is 6.34. The van der Waals surface area contributed by atoms with Crippen LogP contribution in [-0.4, -0.2) is 36.4 Å². The lowest BCUT2D eigenvalue weighted by Crippen LogP contribution is -2.38. The van der Waals surface area contributed by atoms with Gasteiger partial charge in [-0.15, -0.1) is 0 Å². The molecule has 2 N–H and O–H groups in total. The summed E-state index contributed by atoms with van der Waals surface area (Å²) in [6.07, 6.45) is 1.47. The summed E-state index contributed by atoms with van der Waals surface area (Å²) >= 11 is 3.45. The quantitative estimate of drug-likeness (QED) is 0.294. The molecule has 0 radical (unpaired) electrons. The Balaban J connectivity index is 1.47. The number of urea groups is 1. The highest BCUT2D eigenvalue weighted by atomic mass is 79.9. The second-order valence-corrected chi connectivity index (χ2v) is 9.09. The molecule has 1 heterocycles. The number of anilines is 1. The third-order valence-corrected chi connectivity index (χ3v) is 6.12. The molecule has 3 aromatic rings. The predicted octanol–water partition coefficient (Wildman–Crippen LogP) is 5.02. The van der Waals surface area contributed by atoms with Crippen molar-refractivity contribution in [2.45, 2.75) is 13.5 Å². The van der Waals surface area contributed by atoms with Gasteiger partial charge in [-0.1, -0.05) is 40.2 Å². The molecule has 1 fully saturated rings. The van der Waals surface area contributed by atoms with E-state index in [4.69, 9.17) is 9.47 Å². The number of imide groups is 1. The fourth-order valence-electron chi connectivity index (χ4n) is 3.66. The molecule has 0 saturated carbocycles. The van der Waals surface area contributed by atoms with E-state index in [1.807, 2.05) is 13.0 Å². The molecule has 10 heteroatoms. The van der Waals surface area contributed by atoms with Gasteiger partial charge in [0.1, 0.15) is 24.7 Å². The first-order chi connectivity index (χ1) is 17.7. The number of methoxy groups -OCH3 is 1. The fourth-order valence-corrected chi connectivity index (χ4v) is 4.10. The summed E-state index contributed by atoms with van der Waals surface area (Å²) in [6, 6.07) is 15.8. The van der Waals surface area contributed by atoms with E-state index in [0.29, 0.717) is 32.8 Å². The Kier molecular flexibility index (Phi) is 7.88. The van der Waals surface area contributed by atoms with Crippen molar-refractivity contribution >= 4 is 45.5 Å². The van der Waals surface area contributed by atoms with Crippen LogP contribution < -0.4 is 20.1 Å². The number of ether oxygens (including phenoxy) is 2. The molecule has 8 nitrogen and oxygen atoms in total. The minimum Gasteiger partial charge on any atom is -0.493 e. The van der Waals surface area contributed by atoms with Crippen LogP contribution in [0, 0.1) is 12.7 Å². The van der Waals surface area contributed by atoms with Crippen molar-refractivity contribution < 1.29 is 28.2 Å². The number of carbonyl (C=O) groups is 3. The Morgan fingerprint density at radius 3 is 2.62 bits per heavy atom. The van der Waals surface area contributed by atoms with Crippen molar-refractivity contribution in [3.8, 4) is 11.5 Å². The highest BCUT2D eigenvalue weighted by Crippen LogP contribution is 2.35. The summed E-state index contributed by atoms with van der Waals surface area (Å²) in [5.41, 5.74) is 2.72. The van der Waals surface area contributed by atoms with Gasteiger partial charge in [-0.25, -0.2) is 14.1 Å². The first-order valence-corrected chi connectivity index (χ1v) is 12.0. The van der Waals surface area contributed by atoms with E-state index >= 15 is 0 Å². The van der Waals surface area contributed by atoms with Crippen molar-refractivity contribution in [1.82, 2.24) is 10.2 Å². The number of nitrogens with zero attached hydrogens (tertiary/aromatic N) is 1. The van der Waals surface area contributed by atoms with E-state index in [0.717, 1.165) is 10.5 Å². The Labute approximate surface area is 221 Å². The first kappa shape index (κ1) is 25.9. The molecule has 0 aromatic heterocycles. The zero-order chi connectivity index (χ0) is 26.5. The SMILES string of the molecule is COc1cc(/C=C2/NC(=O)N(CC(=O)Nc3cccc(C)c3)C2=O)c(Br)cc1OCc1cccc(F)c1. The van der Waals surface area contributed by atoms with Crippen LogP contribution in [0.5, 0.6) is 11.5 Å². The molecule has 37 heavy (non-hydrogen) atoms. The van der Waals surface area contributed by atoms with Gasteiger partial charge in [0.2, 0.25) is 5.91 Å². The molecule has 0 atom stereocenters. The van der Waals surface area contributed by atoms with Gasteiger partial charge in [0.15, 0.2) is 11.5 Å². The van der Waals surface area contributed by atoms with Crippen LogP contribution in [-0.2, 0) is 16.2 Å². The van der Waals surface area contributed by atoms with Crippen LogP contribution in [0.1, 0.15) is 16.7 Å². The van der Waals surface area contributed by atoms with Crippen LogP contribution in [0.3, 0.4) is 0 Å². The molecule has 190 valence electrons. The molecule has 0 spiro atoms. The monoisotopic (exact) mass is 567 g/mol. The summed E-state index contributed by atoms with van der Waals surface area (Å²) in [7, 11) is 1.46. The number of rotatable bonds is 8. The summed E-state index contributed by atoms with van der Waals surface area (Å²) in [4.78, 5) is 38.6. The highest BCUT2D eigenvalue weighted by Gasteiger charge is 2.35. The maximum atomic E-state index is 13.4. The maximum absolute atomic E-state index is 13.4. The van der Waals surface area contributed by atoms with E-state index in [9.17, 15) is 18.8 Å². The third-order valence-electron chi connectivity index (χ3n) is 5.43. The van der Waals surface area contributed by atoms with Crippen molar-refractivity contribution in [3.05, 3.63) is 93.3 Å². The van der Waals surface area contributed by atoms with Crippen LogP contribution in [0.2, 0.25) is 0 Å². The Hall–Kier alpha value is -4.18. The number of nitrogens with one attached hydrogen (secondary N) is 2. The smallest absolute Gasteiger partial charge is 0.329 e. The summed E-state index contributed by atoms with van der Waals surface area (Å²) in [5.74, 6) is -0.726. The number of halogens is 2.